The Morgan fingerprint density at radius 3 is 2.42 bits per heavy atom. The first kappa shape index (κ1) is 25.1. The van der Waals surface area contributed by atoms with Crippen LogP contribution in [0.3, 0.4) is 0 Å². The number of nitrogens with one attached hydrogen (secondary N) is 1. The second-order valence-corrected chi connectivity index (χ2v) is 8.51. The Kier molecular flexibility index (Phi) is 9.73. The summed E-state index contributed by atoms with van der Waals surface area (Å²) in [7, 11) is 1.69. The number of nitrogen functional groups attached to an aromatic ring is 1. The predicted molar refractivity (Wildman–Crippen MR) is 123 cm³/mol. The lowest BCUT2D eigenvalue weighted by Crippen LogP contribution is -2.51. The number of aromatic amines is 1. The van der Waals surface area contributed by atoms with Gasteiger partial charge in [0.2, 0.25) is 5.91 Å². The van der Waals surface area contributed by atoms with Gasteiger partial charge in [0, 0.05) is 52.9 Å². The standard InChI is InChI=1S/C21H38N6O4/c1-5-6-7-26(17(28)15-25-10-8-24(9-11-25)12-13-31-4)18-19(22)27(14-16(2)3)21(30)23-20(18)29/h16H,5-15,22H2,1-4H3,(H,23,29,30). The maximum atomic E-state index is 13.2. The van der Waals surface area contributed by atoms with Crippen molar-refractivity contribution < 1.29 is 9.53 Å². The predicted octanol–water partition coefficient (Wildman–Crippen LogP) is 0.172. The molecule has 1 aliphatic heterocycles. The molecule has 0 atom stereocenters. The van der Waals surface area contributed by atoms with Crippen molar-refractivity contribution in [1.82, 2.24) is 19.4 Å². The molecule has 1 amide bonds. The third kappa shape index (κ3) is 6.91. The Morgan fingerprint density at radius 2 is 1.84 bits per heavy atom. The van der Waals surface area contributed by atoms with Crippen molar-refractivity contribution in [2.24, 2.45) is 5.92 Å². The van der Waals surface area contributed by atoms with Crippen molar-refractivity contribution in [2.75, 3.05) is 70.2 Å². The lowest BCUT2D eigenvalue weighted by Gasteiger charge is -2.35. The van der Waals surface area contributed by atoms with E-state index in [1.807, 2.05) is 20.8 Å². The number of anilines is 2. The van der Waals surface area contributed by atoms with E-state index in [-0.39, 0.29) is 29.9 Å². The highest BCUT2D eigenvalue weighted by molar-refractivity contribution is 5.96. The molecule has 0 aliphatic carbocycles. The van der Waals surface area contributed by atoms with Crippen LogP contribution in [0.2, 0.25) is 0 Å². The summed E-state index contributed by atoms with van der Waals surface area (Å²) in [5.41, 5.74) is 5.18. The maximum absolute atomic E-state index is 13.2. The van der Waals surface area contributed by atoms with Crippen LogP contribution < -0.4 is 21.9 Å². The summed E-state index contributed by atoms with van der Waals surface area (Å²) in [4.78, 5) is 46.4. The number of amides is 1. The van der Waals surface area contributed by atoms with Crippen molar-refractivity contribution >= 4 is 17.4 Å². The van der Waals surface area contributed by atoms with Gasteiger partial charge in [0.1, 0.15) is 5.82 Å². The third-order valence-electron chi connectivity index (χ3n) is 5.50. The first-order valence-corrected chi connectivity index (χ1v) is 11.1. The van der Waals surface area contributed by atoms with Crippen LogP contribution in [0.4, 0.5) is 11.5 Å². The topological polar surface area (TPSA) is 117 Å². The number of piperazine rings is 1. The lowest BCUT2D eigenvalue weighted by molar-refractivity contribution is -0.120. The molecular formula is C21H38N6O4. The van der Waals surface area contributed by atoms with Crippen LogP contribution in [0.25, 0.3) is 0 Å². The number of nitrogens with two attached hydrogens (primary N) is 1. The summed E-state index contributed by atoms with van der Waals surface area (Å²) in [6, 6.07) is 0. The summed E-state index contributed by atoms with van der Waals surface area (Å²) >= 11 is 0. The molecule has 2 rings (SSSR count). The number of rotatable bonds is 11. The fourth-order valence-electron chi connectivity index (χ4n) is 3.73. The largest absolute Gasteiger partial charge is 0.383 e. The number of unbranched alkanes of at least 4 members (excludes halogenated alkanes) is 1. The molecule has 1 saturated heterocycles. The van der Waals surface area contributed by atoms with E-state index in [9.17, 15) is 14.4 Å². The zero-order valence-electron chi connectivity index (χ0n) is 19.4. The van der Waals surface area contributed by atoms with Gasteiger partial charge in [-0.05, 0) is 12.3 Å². The summed E-state index contributed by atoms with van der Waals surface area (Å²) in [5.74, 6) is 0.0370. The third-order valence-corrected chi connectivity index (χ3v) is 5.50. The Bertz CT molecular complexity index is 826. The minimum absolute atomic E-state index is 0.0521. The minimum Gasteiger partial charge on any atom is -0.383 e. The molecule has 0 radical (unpaired) electrons. The van der Waals surface area contributed by atoms with Crippen LogP contribution in [0.5, 0.6) is 0 Å². The number of methoxy groups -OCH3 is 1. The molecule has 0 unspecified atom stereocenters. The summed E-state index contributed by atoms with van der Waals surface area (Å²) in [5, 5.41) is 0. The SMILES string of the molecule is CCCCN(C(=O)CN1CCN(CCOC)CC1)c1c(N)n(CC(C)C)c(=O)[nH]c1=O. The second kappa shape index (κ2) is 12.0. The van der Waals surface area contributed by atoms with Gasteiger partial charge in [0.05, 0.1) is 13.2 Å². The molecule has 1 fully saturated rings. The fourth-order valence-corrected chi connectivity index (χ4v) is 3.73. The number of ether oxygens (including phenoxy) is 1. The van der Waals surface area contributed by atoms with E-state index >= 15 is 0 Å². The van der Waals surface area contributed by atoms with Gasteiger partial charge in [-0.25, -0.2) is 4.79 Å². The minimum atomic E-state index is -0.614. The molecule has 3 N–H and O–H groups in total. The van der Waals surface area contributed by atoms with Gasteiger partial charge in [-0.3, -0.25) is 28.9 Å². The highest BCUT2D eigenvalue weighted by Crippen LogP contribution is 2.19. The Hall–Kier alpha value is -2.17. The molecule has 1 aromatic heterocycles. The molecule has 31 heavy (non-hydrogen) atoms. The molecule has 0 saturated carbocycles. The van der Waals surface area contributed by atoms with Crippen molar-refractivity contribution in [2.45, 2.75) is 40.2 Å². The molecular weight excluding hydrogens is 400 g/mol. The summed E-state index contributed by atoms with van der Waals surface area (Å²) in [6.45, 7) is 11.8. The smallest absolute Gasteiger partial charge is 0.330 e. The molecule has 1 aliphatic rings. The van der Waals surface area contributed by atoms with Gasteiger partial charge in [-0.15, -0.1) is 0 Å². The molecule has 0 aromatic carbocycles. The molecule has 1 aromatic rings. The van der Waals surface area contributed by atoms with Crippen LogP contribution in [0.1, 0.15) is 33.6 Å². The molecule has 176 valence electrons. The van der Waals surface area contributed by atoms with E-state index in [0.29, 0.717) is 19.7 Å². The van der Waals surface area contributed by atoms with Crippen LogP contribution in [0, 0.1) is 5.92 Å². The summed E-state index contributed by atoms with van der Waals surface area (Å²) in [6.07, 6.45) is 1.60. The lowest BCUT2D eigenvalue weighted by atomic mass is 10.2. The Labute approximate surface area is 183 Å². The number of hydrogen-bond acceptors (Lipinski definition) is 7. The molecule has 0 bridgehead atoms. The summed E-state index contributed by atoms with van der Waals surface area (Å²) < 4.78 is 6.48. The average molecular weight is 439 g/mol. The highest BCUT2D eigenvalue weighted by atomic mass is 16.5. The van der Waals surface area contributed by atoms with Crippen molar-refractivity contribution in [3.05, 3.63) is 20.8 Å². The van der Waals surface area contributed by atoms with Crippen LogP contribution >= 0.6 is 0 Å². The zero-order valence-corrected chi connectivity index (χ0v) is 19.4. The number of nitrogens with zero attached hydrogens (tertiary/aromatic N) is 4. The van der Waals surface area contributed by atoms with Gasteiger partial charge >= 0.3 is 5.69 Å². The second-order valence-electron chi connectivity index (χ2n) is 8.51. The highest BCUT2D eigenvalue weighted by Gasteiger charge is 2.27. The van der Waals surface area contributed by atoms with E-state index in [1.165, 1.54) is 9.47 Å². The van der Waals surface area contributed by atoms with Gasteiger partial charge in [-0.2, -0.15) is 0 Å². The van der Waals surface area contributed by atoms with E-state index in [0.717, 1.165) is 45.6 Å². The van der Waals surface area contributed by atoms with Gasteiger partial charge < -0.3 is 15.4 Å². The normalized spacial score (nSPS) is 15.5. The number of hydrogen-bond donors (Lipinski definition) is 2. The Morgan fingerprint density at radius 1 is 1.19 bits per heavy atom. The number of carbonyl (C=O) groups excluding carboxylic acids is 1. The van der Waals surface area contributed by atoms with Crippen molar-refractivity contribution in [1.29, 1.82) is 0 Å². The van der Waals surface area contributed by atoms with Gasteiger partial charge in [0.25, 0.3) is 5.56 Å². The molecule has 2 heterocycles. The Balaban J connectivity index is 2.21. The van der Waals surface area contributed by atoms with E-state index in [2.05, 4.69) is 14.8 Å². The monoisotopic (exact) mass is 438 g/mol. The number of aromatic nitrogens is 2. The number of carbonyl (C=O) groups is 1. The quantitative estimate of drug-likeness (QED) is 0.506. The van der Waals surface area contributed by atoms with Gasteiger partial charge in [-0.1, -0.05) is 27.2 Å². The van der Waals surface area contributed by atoms with Crippen LogP contribution in [0.15, 0.2) is 9.59 Å². The van der Waals surface area contributed by atoms with E-state index < -0.39 is 11.2 Å². The maximum Gasteiger partial charge on any atom is 0.330 e. The van der Waals surface area contributed by atoms with Crippen molar-refractivity contribution in [3.8, 4) is 0 Å². The van der Waals surface area contributed by atoms with Crippen LogP contribution in [-0.2, 0) is 16.1 Å². The van der Waals surface area contributed by atoms with Crippen LogP contribution in [-0.4, -0.2) is 84.8 Å². The average Bonchev–Trinajstić information content (AvgIpc) is 2.72. The van der Waals surface area contributed by atoms with Crippen molar-refractivity contribution in [3.63, 3.8) is 0 Å². The molecule has 10 heteroatoms. The van der Waals surface area contributed by atoms with Gasteiger partial charge in [0.15, 0.2) is 5.69 Å². The zero-order chi connectivity index (χ0) is 23.0. The fraction of sp³-hybridized carbons (Fsp3) is 0.762. The molecule has 0 spiro atoms. The first-order valence-electron chi connectivity index (χ1n) is 11.1. The van der Waals surface area contributed by atoms with E-state index in [4.69, 9.17) is 10.5 Å². The number of H-pyrrole nitrogens is 1. The van der Waals surface area contributed by atoms with E-state index in [1.54, 1.807) is 7.11 Å². The molecule has 10 nitrogen and oxygen atoms in total. The first-order chi connectivity index (χ1) is 14.8.